The lowest BCUT2D eigenvalue weighted by Crippen LogP contribution is -2.44. The Kier molecular flexibility index (Phi) is 5.76. The average molecular weight is 282 g/mol. The minimum Gasteiger partial charge on any atom is -0.494 e. The van der Waals surface area contributed by atoms with E-state index >= 15 is 0 Å². The molecule has 0 aliphatic carbocycles. The van der Waals surface area contributed by atoms with Crippen molar-refractivity contribution >= 4 is 0 Å². The minimum atomic E-state index is -0.312. The Balaban J connectivity index is 1.77. The highest BCUT2D eigenvalue weighted by molar-refractivity contribution is 5.29. The molecule has 1 fully saturated rings. The standard InChI is InChI=1S/C15H23FN2O2/c1-12(11-18-5-7-20-8-6-18)17-10-13-3-4-15(19-2)14(16)9-13/h3-4,9,12,17H,5-8,10-11H2,1-2H3. The lowest BCUT2D eigenvalue weighted by Gasteiger charge is -2.29. The van der Waals surface area contributed by atoms with Gasteiger partial charge in [-0.2, -0.15) is 0 Å². The average Bonchev–Trinajstić information content (AvgIpc) is 2.46. The van der Waals surface area contributed by atoms with Crippen LogP contribution < -0.4 is 10.1 Å². The molecule has 0 amide bonds. The van der Waals surface area contributed by atoms with Crippen molar-refractivity contribution in [3.05, 3.63) is 29.6 Å². The molecule has 1 aromatic carbocycles. The summed E-state index contributed by atoms with van der Waals surface area (Å²) in [6.07, 6.45) is 0. The molecule has 1 atom stereocenters. The Morgan fingerprint density at radius 1 is 1.40 bits per heavy atom. The topological polar surface area (TPSA) is 33.7 Å². The van der Waals surface area contributed by atoms with Gasteiger partial charge in [-0.3, -0.25) is 4.90 Å². The highest BCUT2D eigenvalue weighted by Gasteiger charge is 2.13. The predicted octanol–water partition coefficient (Wildman–Crippen LogP) is 1.64. The maximum absolute atomic E-state index is 13.6. The maximum atomic E-state index is 13.6. The van der Waals surface area contributed by atoms with E-state index < -0.39 is 0 Å². The summed E-state index contributed by atoms with van der Waals surface area (Å²) in [4.78, 5) is 2.38. The molecule has 1 aromatic rings. The van der Waals surface area contributed by atoms with Crippen molar-refractivity contribution in [1.82, 2.24) is 10.2 Å². The van der Waals surface area contributed by atoms with Gasteiger partial charge >= 0.3 is 0 Å². The molecule has 0 bridgehead atoms. The molecular formula is C15H23FN2O2. The van der Waals surface area contributed by atoms with E-state index in [-0.39, 0.29) is 11.6 Å². The van der Waals surface area contributed by atoms with Gasteiger partial charge in [0.15, 0.2) is 11.6 Å². The van der Waals surface area contributed by atoms with E-state index in [0.717, 1.165) is 38.4 Å². The molecule has 1 N–H and O–H groups in total. The number of halogens is 1. The van der Waals surface area contributed by atoms with Gasteiger partial charge in [0.1, 0.15) is 0 Å². The van der Waals surface area contributed by atoms with Crippen LogP contribution in [0.4, 0.5) is 4.39 Å². The Hall–Kier alpha value is -1.17. The Morgan fingerprint density at radius 3 is 2.80 bits per heavy atom. The van der Waals surface area contributed by atoms with E-state index in [0.29, 0.717) is 12.6 Å². The third kappa shape index (κ3) is 4.44. The first-order valence-electron chi connectivity index (χ1n) is 7.05. The van der Waals surface area contributed by atoms with E-state index in [1.807, 2.05) is 6.07 Å². The molecule has 4 nitrogen and oxygen atoms in total. The van der Waals surface area contributed by atoms with Gasteiger partial charge in [0.25, 0.3) is 0 Å². The lowest BCUT2D eigenvalue weighted by atomic mass is 10.2. The monoisotopic (exact) mass is 282 g/mol. The highest BCUT2D eigenvalue weighted by Crippen LogP contribution is 2.17. The van der Waals surface area contributed by atoms with Crippen LogP contribution in [0.25, 0.3) is 0 Å². The van der Waals surface area contributed by atoms with Crippen LogP contribution >= 0.6 is 0 Å². The van der Waals surface area contributed by atoms with Crippen LogP contribution in [0.2, 0.25) is 0 Å². The van der Waals surface area contributed by atoms with E-state index in [9.17, 15) is 4.39 Å². The molecule has 112 valence electrons. The fourth-order valence-corrected chi connectivity index (χ4v) is 2.35. The second-order valence-corrected chi connectivity index (χ2v) is 5.16. The van der Waals surface area contributed by atoms with Gasteiger partial charge in [0.2, 0.25) is 0 Å². The Morgan fingerprint density at radius 2 is 2.15 bits per heavy atom. The fourth-order valence-electron chi connectivity index (χ4n) is 2.35. The molecule has 5 heteroatoms. The molecule has 1 aliphatic rings. The number of morpholine rings is 1. The van der Waals surface area contributed by atoms with Crippen molar-refractivity contribution in [2.45, 2.75) is 19.5 Å². The number of rotatable bonds is 6. The van der Waals surface area contributed by atoms with Gasteiger partial charge in [-0.05, 0) is 24.6 Å². The van der Waals surface area contributed by atoms with Crippen LogP contribution in [0, 0.1) is 5.82 Å². The Labute approximate surface area is 119 Å². The fraction of sp³-hybridized carbons (Fsp3) is 0.600. The van der Waals surface area contributed by atoms with Crippen molar-refractivity contribution in [3.8, 4) is 5.75 Å². The number of benzene rings is 1. The molecule has 2 rings (SSSR count). The summed E-state index contributed by atoms with van der Waals surface area (Å²) in [6, 6.07) is 5.43. The quantitative estimate of drug-likeness (QED) is 0.860. The summed E-state index contributed by atoms with van der Waals surface area (Å²) in [7, 11) is 1.47. The predicted molar refractivity (Wildman–Crippen MR) is 76.5 cm³/mol. The van der Waals surface area contributed by atoms with Crippen LogP contribution in [-0.2, 0) is 11.3 Å². The number of nitrogens with one attached hydrogen (secondary N) is 1. The van der Waals surface area contributed by atoms with Gasteiger partial charge in [-0.1, -0.05) is 6.07 Å². The first kappa shape index (κ1) is 15.2. The van der Waals surface area contributed by atoms with Crippen LogP contribution in [-0.4, -0.2) is 50.9 Å². The number of hydrogen-bond donors (Lipinski definition) is 1. The highest BCUT2D eigenvalue weighted by atomic mass is 19.1. The van der Waals surface area contributed by atoms with Gasteiger partial charge in [0.05, 0.1) is 20.3 Å². The van der Waals surface area contributed by atoms with Gasteiger partial charge < -0.3 is 14.8 Å². The zero-order valence-electron chi connectivity index (χ0n) is 12.2. The third-order valence-electron chi connectivity index (χ3n) is 3.51. The minimum absolute atomic E-state index is 0.287. The molecule has 0 saturated carbocycles. The summed E-state index contributed by atoms with van der Waals surface area (Å²) in [5.41, 5.74) is 0.928. The molecule has 0 spiro atoms. The van der Waals surface area contributed by atoms with Gasteiger partial charge in [0, 0.05) is 32.2 Å². The molecule has 1 saturated heterocycles. The van der Waals surface area contributed by atoms with Crippen molar-refractivity contribution in [2.75, 3.05) is 40.0 Å². The van der Waals surface area contributed by atoms with Gasteiger partial charge in [-0.15, -0.1) is 0 Å². The van der Waals surface area contributed by atoms with E-state index in [4.69, 9.17) is 9.47 Å². The van der Waals surface area contributed by atoms with Crippen molar-refractivity contribution < 1.29 is 13.9 Å². The van der Waals surface area contributed by atoms with Crippen LogP contribution in [0.3, 0.4) is 0 Å². The summed E-state index contributed by atoms with van der Waals surface area (Å²) in [5, 5.41) is 3.42. The zero-order chi connectivity index (χ0) is 14.4. The number of nitrogens with zero attached hydrogens (tertiary/aromatic N) is 1. The second-order valence-electron chi connectivity index (χ2n) is 5.16. The lowest BCUT2D eigenvalue weighted by molar-refractivity contribution is 0.0343. The van der Waals surface area contributed by atoms with Crippen LogP contribution in [0.5, 0.6) is 5.75 Å². The van der Waals surface area contributed by atoms with Crippen molar-refractivity contribution in [2.24, 2.45) is 0 Å². The van der Waals surface area contributed by atoms with E-state index in [1.165, 1.54) is 13.2 Å². The zero-order valence-corrected chi connectivity index (χ0v) is 12.2. The molecular weight excluding hydrogens is 259 g/mol. The molecule has 20 heavy (non-hydrogen) atoms. The molecule has 0 radical (unpaired) electrons. The summed E-state index contributed by atoms with van der Waals surface area (Å²) < 4.78 is 23.8. The molecule has 1 unspecified atom stereocenters. The van der Waals surface area contributed by atoms with Crippen molar-refractivity contribution in [1.29, 1.82) is 0 Å². The largest absolute Gasteiger partial charge is 0.494 e. The summed E-state index contributed by atoms with van der Waals surface area (Å²) in [5.74, 6) is -0.0252. The normalized spacial score (nSPS) is 17.9. The van der Waals surface area contributed by atoms with E-state index in [1.54, 1.807) is 6.07 Å². The molecule has 0 aromatic heterocycles. The van der Waals surface area contributed by atoms with E-state index in [2.05, 4.69) is 17.1 Å². The number of methoxy groups -OCH3 is 1. The number of hydrogen-bond acceptors (Lipinski definition) is 4. The first-order chi connectivity index (χ1) is 9.69. The van der Waals surface area contributed by atoms with Crippen LogP contribution in [0.1, 0.15) is 12.5 Å². The smallest absolute Gasteiger partial charge is 0.165 e. The summed E-state index contributed by atoms with van der Waals surface area (Å²) in [6.45, 7) is 7.41. The van der Waals surface area contributed by atoms with Crippen LogP contribution in [0.15, 0.2) is 18.2 Å². The maximum Gasteiger partial charge on any atom is 0.165 e. The van der Waals surface area contributed by atoms with Crippen molar-refractivity contribution in [3.63, 3.8) is 0 Å². The Bertz CT molecular complexity index is 422. The SMILES string of the molecule is COc1ccc(CNC(C)CN2CCOCC2)cc1F. The number of ether oxygens (including phenoxy) is 2. The first-order valence-corrected chi connectivity index (χ1v) is 7.05. The third-order valence-corrected chi connectivity index (χ3v) is 3.51. The second kappa shape index (κ2) is 7.57. The molecule has 1 heterocycles. The summed E-state index contributed by atoms with van der Waals surface area (Å²) >= 11 is 0. The van der Waals surface area contributed by atoms with Gasteiger partial charge in [-0.25, -0.2) is 4.39 Å². The molecule has 1 aliphatic heterocycles.